The highest BCUT2D eigenvalue weighted by Gasteiger charge is 2.69. The van der Waals surface area contributed by atoms with Crippen LogP contribution >= 0.6 is 0 Å². The predicted molar refractivity (Wildman–Crippen MR) is 122 cm³/mol. The van der Waals surface area contributed by atoms with Gasteiger partial charge >= 0.3 is 0 Å². The first-order valence-corrected chi connectivity index (χ1v) is 12.2. The second-order valence-corrected chi connectivity index (χ2v) is 11.2. The van der Waals surface area contributed by atoms with Crippen molar-refractivity contribution in [3.63, 3.8) is 0 Å². The number of aliphatic hydroxyl groups is 1. The van der Waals surface area contributed by atoms with Crippen molar-refractivity contribution in [2.24, 2.45) is 28.6 Å². The van der Waals surface area contributed by atoms with Crippen LogP contribution in [0.5, 0.6) is 0 Å². The van der Waals surface area contributed by atoms with E-state index in [-0.39, 0.29) is 23.9 Å². The highest BCUT2D eigenvalue weighted by atomic mass is 19.1. The minimum Gasteiger partial charge on any atom is -0.373 e. The Balaban J connectivity index is 1.22. The summed E-state index contributed by atoms with van der Waals surface area (Å²) >= 11 is 0. The SMILES string of the molecule is CC(C)(C(O)Nc1ncnc2c1CCN(C(=O)c1c(F)cccc1F)C2)C12CC3CC1CC3C2. The van der Waals surface area contributed by atoms with E-state index in [1.165, 1.54) is 43.0 Å². The molecule has 1 amide bonds. The van der Waals surface area contributed by atoms with Crippen LogP contribution in [0, 0.1) is 40.2 Å². The molecule has 2 aromatic rings. The molecule has 1 aromatic carbocycles. The molecule has 2 heterocycles. The Bertz CT molecular complexity index is 1140. The summed E-state index contributed by atoms with van der Waals surface area (Å²) in [7, 11) is 0. The Kier molecular flexibility index (Phi) is 4.79. The van der Waals surface area contributed by atoms with Crippen LogP contribution in [0.25, 0.3) is 0 Å². The van der Waals surface area contributed by atoms with Gasteiger partial charge in [-0.15, -0.1) is 0 Å². The molecular weight excluding hydrogens is 438 g/mol. The van der Waals surface area contributed by atoms with Gasteiger partial charge in [0.25, 0.3) is 5.91 Å². The maximum absolute atomic E-state index is 14.1. The minimum atomic E-state index is -0.871. The van der Waals surface area contributed by atoms with Gasteiger partial charge in [-0.05, 0) is 67.4 Å². The number of nitrogens with one attached hydrogen (secondary N) is 1. The number of carbonyl (C=O) groups excluding carboxylic acids is 1. The van der Waals surface area contributed by atoms with E-state index < -0.39 is 29.3 Å². The van der Waals surface area contributed by atoms with E-state index in [9.17, 15) is 18.7 Å². The summed E-state index contributed by atoms with van der Waals surface area (Å²) in [6, 6.07) is 3.41. The topological polar surface area (TPSA) is 78.3 Å². The molecule has 3 unspecified atom stereocenters. The molecule has 6 nitrogen and oxygen atoms in total. The number of hydrogen-bond acceptors (Lipinski definition) is 5. The number of benzene rings is 1. The van der Waals surface area contributed by atoms with Gasteiger partial charge in [0.15, 0.2) is 0 Å². The number of anilines is 1. The average molecular weight is 469 g/mol. The third kappa shape index (κ3) is 2.96. The summed E-state index contributed by atoms with van der Waals surface area (Å²) in [5.41, 5.74) is 0.789. The number of carbonyl (C=O) groups is 1. The lowest BCUT2D eigenvalue weighted by Crippen LogP contribution is -2.49. The smallest absolute Gasteiger partial charge is 0.260 e. The Labute approximate surface area is 197 Å². The molecular formula is C26H30F2N4O2. The number of halogens is 2. The Morgan fingerprint density at radius 3 is 2.50 bits per heavy atom. The molecule has 4 fully saturated rings. The number of rotatable bonds is 5. The van der Waals surface area contributed by atoms with Gasteiger partial charge in [-0.3, -0.25) is 4.79 Å². The monoisotopic (exact) mass is 468 g/mol. The molecule has 180 valence electrons. The number of hydrogen-bond donors (Lipinski definition) is 2. The quantitative estimate of drug-likeness (QED) is 0.645. The Hall–Kier alpha value is -2.61. The van der Waals surface area contributed by atoms with Crippen molar-refractivity contribution < 1.29 is 18.7 Å². The normalized spacial score (nSPS) is 30.0. The van der Waals surface area contributed by atoms with Crippen LogP contribution in [0.3, 0.4) is 0 Å². The number of fused-ring (bicyclic) bond motifs is 1. The molecule has 1 aliphatic heterocycles. The summed E-state index contributed by atoms with van der Waals surface area (Å²) in [6.07, 6.45) is 6.10. The predicted octanol–water partition coefficient (Wildman–Crippen LogP) is 4.15. The van der Waals surface area contributed by atoms with Gasteiger partial charge in [-0.25, -0.2) is 18.7 Å². The molecule has 8 heteroatoms. The van der Waals surface area contributed by atoms with Gasteiger partial charge in [0.2, 0.25) is 0 Å². The van der Waals surface area contributed by atoms with E-state index >= 15 is 0 Å². The third-order valence-electron chi connectivity index (χ3n) is 9.59. The molecule has 4 bridgehead atoms. The van der Waals surface area contributed by atoms with Crippen molar-refractivity contribution in [1.29, 1.82) is 0 Å². The van der Waals surface area contributed by atoms with E-state index in [0.29, 0.717) is 23.9 Å². The summed E-state index contributed by atoms with van der Waals surface area (Å²) in [4.78, 5) is 23.0. The highest BCUT2D eigenvalue weighted by Crippen LogP contribution is 2.75. The van der Waals surface area contributed by atoms with E-state index in [1.54, 1.807) is 0 Å². The minimum absolute atomic E-state index is 0.133. The molecule has 0 saturated heterocycles. The van der Waals surface area contributed by atoms with Crippen LogP contribution in [-0.2, 0) is 13.0 Å². The van der Waals surface area contributed by atoms with E-state index in [2.05, 4.69) is 29.1 Å². The molecule has 2 N–H and O–H groups in total. The number of aromatic nitrogens is 2. The molecule has 34 heavy (non-hydrogen) atoms. The first-order valence-electron chi connectivity index (χ1n) is 12.2. The van der Waals surface area contributed by atoms with Crippen LogP contribution in [0.4, 0.5) is 14.6 Å². The second-order valence-electron chi connectivity index (χ2n) is 11.2. The van der Waals surface area contributed by atoms with Gasteiger partial charge in [0, 0.05) is 17.5 Å². The van der Waals surface area contributed by atoms with Gasteiger partial charge < -0.3 is 15.3 Å². The van der Waals surface area contributed by atoms with E-state index in [1.807, 2.05) is 0 Å². The zero-order valence-electron chi connectivity index (χ0n) is 19.5. The van der Waals surface area contributed by atoms with Crippen LogP contribution in [0.15, 0.2) is 24.5 Å². The lowest BCUT2D eigenvalue weighted by Gasteiger charge is -2.48. The fourth-order valence-electron chi connectivity index (χ4n) is 7.66. The lowest BCUT2D eigenvalue weighted by atomic mass is 9.60. The Morgan fingerprint density at radius 1 is 1.21 bits per heavy atom. The molecule has 0 radical (unpaired) electrons. The van der Waals surface area contributed by atoms with Crippen molar-refractivity contribution in [2.75, 3.05) is 11.9 Å². The van der Waals surface area contributed by atoms with Crippen LogP contribution in [0.1, 0.15) is 61.1 Å². The van der Waals surface area contributed by atoms with Gasteiger partial charge in [-0.2, -0.15) is 0 Å². The van der Waals surface area contributed by atoms with Crippen LogP contribution < -0.4 is 5.32 Å². The summed E-state index contributed by atoms with van der Waals surface area (Å²) in [6.45, 7) is 4.76. The van der Waals surface area contributed by atoms with Gasteiger partial charge in [0.05, 0.1) is 12.2 Å². The van der Waals surface area contributed by atoms with Crippen LogP contribution in [-0.4, -0.2) is 38.7 Å². The average Bonchev–Trinajstić information content (AvgIpc) is 3.55. The zero-order chi connectivity index (χ0) is 23.8. The number of nitrogens with zero attached hydrogens (tertiary/aromatic N) is 3. The zero-order valence-corrected chi connectivity index (χ0v) is 19.5. The fraction of sp³-hybridized carbons (Fsp3) is 0.577. The molecule has 5 aliphatic rings. The maximum Gasteiger partial charge on any atom is 0.260 e. The van der Waals surface area contributed by atoms with E-state index in [4.69, 9.17) is 0 Å². The van der Waals surface area contributed by atoms with Crippen molar-refractivity contribution >= 4 is 11.7 Å². The summed E-state index contributed by atoms with van der Waals surface area (Å²) < 4.78 is 28.3. The Morgan fingerprint density at radius 2 is 1.88 bits per heavy atom. The molecule has 4 saturated carbocycles. The first-order chi connectivity index (χ1) is 16.2. The maximum atomic E-state index is 14.1. The summed E-state index contributed by atoms with van der Waals surface area (Å²) in [5.74, 6) is 0.495. The third-order valence-corrected chi connectivity index (χ3v) is 9.59. The molecule has 0 spiro atoms. The van der Waals surface area contributed by atoms with Crippen molar-refractivity contribution in [3.8, 4) is 0 Å². The molecule has 1 aromatic heterocycles. The molecule has 7 rings (SSSR count). The highest BCUT2D eigenvalue weighted by molar-refractivity contribution is 5.95. The largest absolute Gasteiger partial charge is 0.373 e. The van der Waals surface area contributed by atoms with Gasteiger partial charge in [-0.1, -0.05) is 19.9 Å². The van der Waals surface area contributed by atoms with Crippen molar-refractivity contribution in [3.05, 3.63) is 53.0 Å². The van der Waals surface area contributed by atoms with Crippen molar-refractivity contribution in [2.45, 2.75) is 58.7 Å². The molecule has 3 atom stereocenters. The second kappa shape index (κ2) is 7.44. The van der Waals surface area contributed by atoms with Gasteiger partial charge in [0.1, 0.15) is 35.6 Å². The first kappa shape index (κ1) is 21.9. The molecule has 4 aliphatic carbocycles. The lowest BCUT2D eigenvalue weighted by molar-refractivity contribution is -0.0491. The fourth-order valence-corrected chi connectivity index (χ4v) is 7.66. The summed E-state index contributed by atoms with van der Waals surface area (Å²) in [5, 5.41) is 14.7. The van der Waals surface area contributed by atoms with Crippen LogP contribution in [0.2, 0.25) is 0 Å². The number of amides is 1. The van der Waals surface area contributed by atoms with Crippen molar-refractivity contribution in [1.82, 2.24) is 14.9 Å². The van der Waals surface area contributed by atoms with E-state index in [0.717, 1.165) is 29.5 Å². The number of aliphatic hydroxyl groups excluding tert-OH is 1. The standard InChI is InChI=1S/C26H30F2N4O2/c1-25(2,26-10-14-8-16(26)9-15(14)11-26)24(34)31-22-17-6-7-32(12-20(17)29-13-30-22)23(33)21-18(27)4-3-5-19(21)28/h3-5,13-16,24,34H,6-12H2,1-2H3,(H,29,30,31).